The predicted molar refractivity (Wildman–Crippen MR) is 102 cm³/mol. The van der Waals surface area contributed by atoms with Crippen molar-refractivity contribution in [1.82, 2.24) is 5.32 Å². The number of nitrogens with one attached hydrogen (secondary N) is 1. The molecule has 0 saturated heterocycles. The van der Waals surface area contributed by atoms with Gasteiger partial charge in [0.1, 0.15) is 0 Å². The first-order chi connectivity index (χ1) is 11.7. The van der Waals surface area contributed by atoms with Gasteiger partial charge in [0.25, 0.3) is 0 Å². The average molecular weight is 354 g/mol. The van der Waals surface area contributed by atoms with E-state index in [4.69, 9.17) is 4.74 Å². The molecule has 0 saturated carbocycles. The molecule has 0 aromatic carbocycles. The molecule has 2 N–H and O–H groups in total. The molecule has 0 radical (unpaired) electrons. The third-order valence-corrected chi connectivity index (χ3v) is 4.17. The Balaban J connectivity index is 1.89. The molecule has 24 heavy (non-hydrogen) atoms. The van der Waals surface area contributed by atoms with Crippen LogP contribution >= 0.6 is 12.6 Å². The maximum atomic E-state index is 11.6. The van der Waals surface area contributed by atoms with Crippen LogP contribution in [0.2, 0.25) is 0 Å². The van der Waals surface area contributed by atoms with Crippen molar-refractivity contribution in [3.05, 3.63) is 35.8 Å². The van der Waals surface area contributed by atoms with Crippen molar-refractivity contribution in [3.8, 4) is 0 Å². The topological polar surface area (TPSA) is 58.6 Å². The van der Waals surface area contributed by atoms with Crippen molar-refractivity contribution >= 4 is 18.6 Å². The molecule has 0 heterocycles. The Kier molecular flexibility index (Phi) is 12.1. The number of ether oxygens (including phenoxy) is 1. The molecule has 0 fully saturated rings. The van der Waals surface area contributed by atoms with Gasteiger partial charge in [0.05, 0.1) is 6.61 Å². The molecule has 1 aliphatic rings. The van der Waals surface area contributed by atoms with Crippen LogP contribution in [0.25, 0.3) is 0 Å². The van der Waals surface area contributed by atoms with Crippen LogP contribution < -0.4 is 5.32 Å². The number of thiol groups is 1. The van der Waals surface area contributed by atoms with E-state index in [1.807, 2.05) is 24.3 Å². The maximum absolute atomic E-state index is 11.6. The molecule has 5 heteroatoms. The summed E-state index contributed by atoms with van der Waals surface area (Å²) in [6, 6.07) is 0. The molecule has 1 rings (SSSR count). The smallest absolute Gasteiger partial charge is 0.305 e. The van der Waals surface area contributed by atoms with Gasteiger partial charge in [0.2, 0.25) is 0 Å². The fourth-order valence-electron chi connectivity index (χ4n) is 2.43. The lowest BCUT2D eigenvalue weighted by Crippen LogP contribution is -2.17. The molecule has 0 aromatic heterocycles. The van der Waals surface area contributed by atoms with Gasteiger partial charge in [-0.3, -0.25) is 4.79 Å². The second-order valence-corrected chi connectivity index (χ2v) is 6.42. The Morgan fingerprint density at radius 2 is 1.62 bits per heavy atom. The molecule has 0 unspecified atom stereocenters. The molecule has 1 aliphatic carbocycles. The van der Waals surface area contributed by atoms with Crippen LogP contribution in [-0.2, 0) is 9.53 Å². The largest absolute Gasteiger partial charge is 0.494 e. The van der Waals surface area contributed by atoms with Crippen molar-refractivity contribution in [2.45, 2.75) is 57.8 Å². The normalized spacial score (nSPS) is 12.6. The van der Waals surface area contributed by atoms with E-state index in [-0.39, 0.29) is 11.9 Å². The zero-order valence-electron chi connectivity index (χ0n) is 14.5. The lowest BCUT2D eigenvalue weighted by atomic mass is 10.1. The van der Waals surface area contributed by atoms with Crippen LogP contribution in [0, 0.1) is 0 Å². The minimum atomic E-state index is -0.154. The average Bonchev–Trinajstić information content (AvgIpc) is 3.12. The van der Waals surface area contributed by atoms with Gasteiger partial charge in [-0.05, 0) is 37.2 Å². The van der Waals surface area contributed by atoms with E-state index in [0.717, 1.165) is 24.2 Å². The number of aliphatic hydroxyl groups is 1. The van der Waals surface area contributed by atoms with Crippen LogP contribution in [0.3, 0.4) is 0 Å². The van der Waals surface area contributed by atoms with Crippen LogP contribution in [0.5, 0.6) is 0 Å². The van der Waals surface area contributed by atoms with Gasteiger partial charge < -0.3 is 15.2 Å². The third-order valence-electron chi connectivity index (χ3n) is 3.85. The lowest BCUT2D eigenvalue weighted by molar-refractivity contribution is -0.143. The van der Waals surface area contributed by atoms with Gasteiger partial charge >= 0.3 is 5.97 Å². The Labute approximate surface area is 151 Å². The standard InChI is InChI=1S/C19H31NO3S/c21-18(23-15-8-4-2-1-3-5-9-16-24)13-10-14-20-19(22)17-11-6-7-12-17/h6-7,11-12,20,22,24H,1-5,8-10,13-16H2. The molecule has 4 nitrogen and oxygen atoms in total. The van der Waals surface area contributed by atoms with E-state index in [9.17, 15) is 9.90 Å². The van der Waals surface area contributed by atoms with Crippen molar-refractivity contribution in [2.75, 3.05) is 18.9 Å². The summed E-state index contributed by atoms with van der Waals surface area (Å²) in [6.07, 6.45) is 16.7. The highest BCUT2D eigenvalue weighted by atomic mass is 32.1. The summed E-state index contributed by atoms with van der Waals surface area (Å²) in [6.45, 7) is 1.08. The number of carbonyl (C=O) groups is 1. The highest BCUT2D eigenvalue weighted by molar-refractivity contribution is 7.80. The number of aliphatic hydroxyl groups excluding tert-OH is 1. The van der Waals surface area contributed by atoms with Crippen LogP contribution in [0.4, 0.5) is 0 Å². The number of hydrogen-bond donors (Lipinski definition) is 3. The monoisotopic (exact) mass is 353 g/mol. The van der Waals surface area contributed by atoms with Gasteiger partial charge in [-0.15, -0.1) is 0 Å². The summed E-state index contributed by atoms with van der Waals surface area (Å²) in [4.78, 5) is 11.6. The summed E-state index contributed by atoms with van der Waals surface area (Å²) in [5.41, 5.74) is 0.767. The van der Waals surface area contributed by atoms with Gasteiger partial charge in [0.15, 0.2) is 5.88 Å². The van der Waals surface area contributed by atoms with Gasteiger partial charge in [0, 0.05) is 18.5 Å². The highest BCUT2D eigenvalue weighted by Gasteiger charge is 2.04. The molecular weight excluding hydrogens is 322 g/mol. The number of carbonyl (C=O) groups excluding carboxylic acids is 1. The Morgan fingerprint density at radius 1 is 1.00 bits per heavy atom. The summed E-state index contributed by atoms with van der Waals surface area (Å²) in [5, 5.41) is 12.7. The number of esters is 1. The first kappa shape index (κ1) is 20.7. The first-order valence-electron chi connectivity index (χ1n) is 9.02. The second-order valence-electron chi connectivity index (χ2n) is 5.97. The van der Waals surface area contributed by atoms with Crippen molar-refractivity contribution in [3.63, 3.8) is 0 Å². The van der Waals surface area contributed by atoms with Gasteiger partial charge in [-0.1, -0.05) is 44.3 Å². The van der Waals surface area contributed by atoms with E-state index in [1.165, 1.54) is 32.1 Å². The van der Waals surface area contributed by atoms with Crippen molar-refractivity contribution in [2.24, 2.45) is 0 Å². The highest BCUT2D eigenvalue weighted by Crippen LogP contribution is 2.10. The molecular formula is C19H31NO3S. The van der Waals surface area contributed by atoms with Gasteiger partial charge in [-0.2, -0.15) is 12.6 Å². The van der Waals surface area contributed by atoms with E-state index in [0.29, 0.717) is 26.0 Å². The summed E-state index contributed by atoms with van der Waals surface area (Å²) < 4.78 is 5.22. The van der Waals surface area contributed by atoms with E-state index in [1.54, 1.807) is 0 Å². The fraction of sp³-hybridized carbons (Fsp3) is 0.632. The lowest BCUT2D eigenvalue weighted by Gasteiger charge is -2.07. The zero-order chi connectivity index (χ0) is 17.5. The summed E-state index contributed by atoms with van der Waals surface area (Å²) >= 11 is 4.20. The molecule has 0 aliphatic heterocycles. The fourth-order valence-corrected chi connectivity index (χ4v) is 2.65. The number of rotatable bonds is 14. The third kappa shape index (κ3) is 10.4. The van der Waals surface area contributed by atoms with Crippen molar-refractivity contribution < 1.29 is 14.6 Å². The van der Waals surface area contributed by atoms with Crippen molar-refractivity contribution in [1.29, 1.82) is 0 Å². The molecule has 136 valence electrons. The van der Waals surface area contributed by atoms with Crippen LogP contribution in [0.1, 0.15) is 57.8 Å². The molecule has 0 spiro atoms. The Bertz CT molecular complexity index is 430. The molecule has 0 bridgehead atoms. The predicted octanol–water partition coefficient (Wildman–Crippen LogP) is 4.46. The minimum absolute atomic E-state index is 0.154. The van der Waals surface area contributed by atoms with Crippen LogP contribution in [-0.4, -0.2) is 30.0 Å². The number of hydrogen-bond acceptors (Lipinski definition) is 5. The zero-order valence-corrected chi connectivity index (χ0v) is 15.4. The van der Waals surface area contributed by atoms with Crippen LogP contribution in [0.15, 0.2) is 35.8 Å². The molecule has 0 atom stereocenters. The molecule has 0 amide bonds. The van der Waals surface area contributed by atoms with Gasteiger partial charge in [-0.25, -0.2) is 0 Å². The molecule has 0 aromatic rings. The second kappa shape index (κ2) is 14.0. The first-order valence-corrected chi connectivity index (χ1v) is 9.65. The summed E-state index contributed by atoms with van der Waals surface area (Å²) in [5.74, 6) is 0.984. The SMILES string of the molecule is O=C(CCCNC(O)=C1C=CC=C1)OCCCCCCCCCS. The minimum Gasteiger partial charge on any atom is -0.494 e. The number of allylic oxidation sites excluding steroid dienone is 5. The summed E-state index contributed by atoms with van der Waals surface area (Å²) in [7, 11) is 0. The van der Waals surface area contributed by atoms with E-state index < -0.39 is 0 Å². The van der Waals surface area contributed by atoms with E-state index >= 15 is 0 Å². The Morgan fingerprint density at radius 3 is 2.29 bits per heavy atom. The Hall–Kier alpha value is -1.36. The number of unbranched alkanes of at least 4 members (excludes halogenated alkanes) is 6. The van der Waals surface area contributed by atoms with E-state index in [2.05, 4.69) is 17.9 Å². The quantitative estimate of drug-likeness (QED) is 0.187. The maximum Gasteiger partial charge on any atom is 0.305 e.